The molecule has 0 bridgehead atoms. The summed E-state index contributed by atoms with van der Waals surface area (Å²) < 4.78 is 1.86. The lowest BCUT2D eigenvalue weighted by molar-refractivity contribution is -0.113. The summed E-state index contributed by atoms with van der Waals surface area (Å²) in [4.78, 5) is 36.4. The number of aromatic nitrogens is 3. The number of hydrogen-bond acceptors (Lipinski definition) is 6. The third-order valence-electron chi connectivity index (χ3n) is 5.14. The third kappa shape index (κ3) is 6.61. The molecule has 0 aliphatic carbocycles. The number of halogens is 1. The summed E-state index contributed by atoms with van der Waals surface area (Å²) in [6, 6.07) is 12.4. The Bertz CT molecular complexity index is 1230. The Kier molecular flexibility index (Phi) is 8.89. The maximum atomic E-state index is 12.9. The number of anilines is 1. The zero-order chi connectivity index (χ0) is 25.5. The van der Waals surface area contributed by atoms with Gasteiger partial charge >= 0.3 is 5.97 Å². The first-order valence-corrected chi connectivity index (χ1v) is 12.3. The second-order valence-corrected chi connectivity index (χ2v) is 9.33. The number of hydrogen-bond donors (Lipinski definition) is 3. The minimum absolute atomic E-state index is 0.0126. The first kappa shape index (κ1) is 26.2. The monoisotopic (exact) mass is 515 g/mol. The molecule has 11 heteroatoms. The fourth-order valence-electron chi connectivity index (χ4n) is 3.38. The van der Waals surface area contributed by atoms with E-state index in [9.17, 15) is 14.4 Å². The average molecular weight is 516 g/mol. The van der Waals surface area contributed by atoms with Crippen molar-refractivity contribution in [3.8, 4) is 0 Å². The van der Waals surface area contributed by atoms with Gasteiger partial charge in [-0.15, -0.1) is 10.2 Å². The van der Waals surface area contributed by atoms with Gasteiger partial charge in [-0.05, 0) is 43.2 Å². The fraction of sp³-hybridized carbons (Fsp3) is 0.292. The van der Waals surface area contributed by atoms with E-state index in [-0.39, 0.29) is 29.0 Å². The summed E-state index contributed by atoms with van der Waals surface area (Å²) in [6.45, 7) is 6.41. The largest absolute Gasteiger partial charge is 0.478 e. The minimum atomic E-state index is -1.07. The van der Waals surface area contributed by atoms with E-state index in [0.29, 0.717) is 33.8 Å². The van der Waals surface area contributed by atoms with Crippen molar-refractivity contribution in [1.82, 2.24) is 20.1 Å². The Balaban J connectivity index is 1.71. The molecule has 35 heavy (non-hydrogen) atoms. The van der Waals surface area contributed by atoms with Crippen molar-refractivity contribution in [2.45, 2.75) is 38.5 Å². The molecule has 0 spiro atoms. The van der Waals surface area contributed by atoms with Crippen LogP contribution in [0.1, 0.15) is 53.4 Å². The number of rotatable bonds is 10. The molecule has 0 aliphatic rings. The van der Waals surface area contributed by atoms with E-state index in [2.05, 4.69) is 20.8 Å². The molecule has 2 aromatic carbocycles. The van der Waals surface area contributed by atoms with Crippen molar-refractivity contribution >= 4 is 46.8 Å². The van der Waals surface area contributed by atoms with Gasteiger partial charge in [-0.1, -0.05) is 55.4 Å². The highest BCUT2D eigenvalue weighted by Crippen LogP contribution is 2.26. The van der Waals surface area contributed by atoms with Crippen molar-refractivity contribution in [3.63, 3.8) is 0 Å². The quantitative estimate of drug-likeness (QED) is 0.339. The average Bonchev–Trinajstić information content (AvgIpc) is 3.23. The molecular weight excluding hydrogens is 490 g/mol. The lowest BCUT2D eigenvalue weighted by Crippen LogP contribution is -2.34. The predicted molar refractivity (Wildman–Crippen MR) is 135 cm³/mol. The Morgan fingerprint density at radius 3 is 2.51 bits per heavy atom. The Hall–Kier alpha value is -3.37. The SMILES string of the molecule is CCn1c(SCC(=O)Nc2cccc(C(=O)O)c2)nnc1[C@H](NC(=O)c1ccccc1Cl)C(C)C. The molecule has 0 aliphatic heterocycles. The van der Waals surface area contributed by atoms with Gasteiger partial charge in [0.05, 0.1) is 27.9 Å². The number of carbonyl (C=O) groups is 3. The van der Waals surface area contributed by atoms with E-state index < -0.39 is 12.0 Å². The van der Waals surface area contributed by atoms with E-state index in [1.54, 1.807) is 36.4 Å². The van der Waals surface area contributed by atoms with Gasteiger partial charge in [0.2, 0.25) is 5.91 Å². The van der Waals surface area contributed by atoms with Gasteiger partial charge in [-0.3, -0.25) is 9.59 Å². The molecule has 1 atom stereocenters. The topological polar surface area (TPSA) is 126 Å². The zero-order valence-corrected chi connectivity index (χ0v) is 21.1. The van der Waals surface area contributed by atoms with Crippen LogP contribution in [-0.4, -0.2) is 43.4 Å². The maximum absolute atomic E-state index is 12.9. The van der Waals surface area contributed by atoms with Gasteiger partial charge in [0, 0.05) is 12.2 Å². The number of aromatic carboxylic acids is 1. The molecule has 3 aromatic rings. The van der Waals surface area contributed by atoms with Gasteiger partial charge in [-0.25, -0.2) is 4.79 Å². The van der Waals surface area contributed by atoms with Crippen LogP contribution in [0.5, 0.6) is 0 Å². The van der Waals surface area contributed by atoms with Gasteiger partial charge in [-0.2, -0.15) is 0 Å². The van der Waals surface area contributed by atoms with E-state index in [1.165, 1.54) is 23.9 Å². The van der Waals surface area contributed by atoms with Gasteiger partial charge < -0.3 is 20.3 Å². The Morgan fingerprint density at radius 1 is 1.11 bits per heavy atom. The number of thioether (sulfide) groups is 1. The summed E-state index contributed by atoms with van der Waals surface area (Å²) in [5.41, 5.74) is 0.861. The number of nitrogens with one attached hydrogen (secondary N) is 2. The Labute approximate surface area is 212 Å². The van der Waals surface area contributed by atoms with Crippen LogP contribution in [0, 0.1) is 5.92 Å². The molecule has 0 saturated heterocycles. The predicted octanol–water partition coefficient (Wildman–Crippen LogP) is 4.51. The molecule has 0 radical (unpaired) electrons. The standard InChI is InChI=1S/C24H26ClN5O4S/c1-4-30-21(20(14(2)3)27-22(32)17-10-5-6-11-18(17)25)28-29-24(30)35-13-19(31)26-16-9-7-8-15(12-16)23(33)34/h5-12,14,20H,4,13H2,1-3H3,(H,26,31)(H,27,32)(H,33,34)/t20-/m1/s1. The van der Waals surface area contributed by atoms with Gasteiger partial charge in [0.15, 0.2) is 11.0 Å². The van der Waals surface area contributed by atoms with Gasteiger partial charge in [0.25, 0.3) is 5.91 Å². The molecule has 0 saturated carbocycles. The van der Waals surface area contributed by atoms with Crippen molar-refractivity contribution in [3.05, 3.63) is 70.5 Å². The molecule has 0 fully saturated rings. The molecule has 3 N–H and O–H groups in total. The number of nitrogens with zero attached hydrogens (tertiary/aromatic N) is 3. The number of carbonyl (C=O) groups excluding carboxylic acids is 2. The number of carboxylic acid groups (broad SMARTS) is 1. The third-order valence-corrected chi connectivity index (χ3v) is 6.43. The first-order chi connectivity index (χ1) is 16.7. The molecule has 1 aromatic heterocycles. The van der Waals surface area contributed by atoms with Crippen LogP contribution >= 0.6 is 23.4 Å². The summed E-state index contributed by atoms with van der Waals surface area (Å²) in [5, 5.41) is 24.3. The van der Waals surface area contributed by atoms with Crippen molar-refractivity contribution in [1.29, 1.82) is 0 Å². The summed E-state index contributed by atoms with van der Waals surface area (Å²) in [5.74, 6) is -1.04. The number of amides is 2. The van der Waals surface area contributed by atoms with E-state index in [4.69, 9.17) is 16.7 Å². The summed E-state index contributed by atoms with van der Waals surface area (Å²) in [7, 11) is 0. The second-order valence-electron chi connectivity index (χ2n) is 7.98. The van der Waals surface area contributed by atoms with Crippen molar-refractivity contribution < 1.29 is 19.5 Å². The van der Waals surface area contributed by atoms with Crippen LogP contribution in [0.3, 0.4) is 0 Å². The van der Waals surface area contributed by atoms with Crippen LogP contribution in [0.15, 0.2) is 53.7 Å². The van der Waals surface area contributed by atoms with Crippen LogP contribution in [0.4, 0.5) is 5.69 Å². The highest BCUT2D eigenvalue weighted by Gasteiger charge is 2.26. The van der Waals surface area contributed by atoms with Crippen molar-refractivity contribution in [2.75, 3.05) is 11.1 Å². The van der Waals surface area contributed by atoms with Crippen LogP contribution in [-0.2, 0) is 11.3 Å². The minimum Gasteiger partial charge on any atom is -0.478 e. The van der Waals surface area contributed by atoms with Gasteiger partial charge in [0.1, 0.15) is 0 Å². The van der Waals surface area contributed by atoms with Crippen LogP contribution < -0.4 is 10.6 Å². The lowest BCUT2D eigenvalue weighted by atomic mass is 10.0. The zero-order valence-electron chi connectivity index (χ0n) is 19.5. The highest BCUT2D eigenvalue weighted by atomic mass is 35.5. The smallest absolute Gasteiger partial charge is 0.335 e. The molecule has 9 nitrogen and oxygen atoms in total. The van der Waals surface area contributed by atoms with Crippen LogP contribution in [0.2, 0.25) is 5.02 Å². The van der Waals surface area contributed by atoms with E-state index in [0.717, 1.165) is 0 Å². The van der Waals surface area contributed by atoms with E-state index >= 15 is 0 Å². The molecule has 2 amide bonds. The summed E-state index contributed by atoms with van der Waals surface area (Å²) >= 11 is 7.38. The molecular formula is C24H26ClN5O4S. The molecule has 1 heterocycles. The molecule has 3 rings (SSSR count). The highest BCUT2D eigenvalue weighted by molar-refractivity contribution is 7.99. The number of benzene rings is 2. The van der Waals surface area contributed by atoms with E-state index in [1.807, 2.05) is 25.3 Å². The normalized spacial score (nSPS) is 11.8. The fourth-order valence-corrected chi connectivity index (χ4v) is 4.42. The van der Waals surface area contributed by atoms with Crippen molar-refractivity contribution in [2.24, 2.45) is 5.92 Å². The molecule has 0 unspecified atom stereocenters. The second kappa shape index (κ2) is 11.9. The lowest BCUT2D eigenvalue weighted by Gasteiger charge is -2.22. The van der Waals surface area contributed by atoms with Crippen LogP contribution in [0.25, 0.3) is 0 Å². The molecule has 184 valence electrons. The maximum Gasteiger partial charge on any atom is 0.335 e. The Morgan fingerprint density at radius 2 is 1.86 bits per heavy atom. The first-order valence-electron chi connectivity index (χ1n) is 11.0. The summed E-state index contributed by atoms with van der Waals surface area (Å²) in [6.07, 6.45) is 0. The number of carboxylic acids is 1.